The van der Waals surface area contributed by atoms with Gasteiger partial charge in [0.1, 0.15) is 59.1 Å². The van der Waals surface area contributed by atoms with Gasteiger partial charge < -0.3 is 70.0 Å². The highest BCUT2D eigenvalue weighted by molar-refractivity contribution is 7.93. The van der Waals surface area contributed by atoms with Gasteiger partial charge in [-0.15, -0.1) is 0 Å². The second-order valence-electron chi connectivity index (χ2n) is 36.6. The van der Waals surface area contributed by atoms with Gasteiger partial charge in [-0.1, -0.05) is 204 Å². The van der Waals surface area contributed by atoms with Crippen molar-refractivity contribution in [3.05, 3.63) is 259 Å². The van der Waals surface area contributed by atoms with E-state index in [0.717, 1.165) is 119 Å². The van der Waals surface area contributed by atoms with E-state index in [9.17, 15) is 54.2 Å². The monoisotopic (exact) mass is 1860 g/mol. The van der Waals surface area contributed by atoms with E-state index < -0.39 is 22.8 Å². The Bertz CT molecular complexity index is 6150. The normalized spacial score (nSPS) is 16.6. The van der Waals surface area contributed by atoms with Gasteiger partial charge in [0.2, 0.25) is 0 Å². The number of benzene rings is 10. The van der Waals surface area contributed by atoms with Crippen LogP contribution in [0.2, 0.25) is 0 Å². The minimum atomic E-state index is -0.935. The summed E-state index contributed by atoms with van der Waals surface area (Å²) in [4.78, 5) is 59.1. The van der Waals surface area contributed by atoms with E-state index in [1.165, 1.54) is 41.0 Å². The number of fused-ring (bicyclic) bond motifs is 5. The number of nitrogens with one attached hydrogen (secondary N) is 4. The van der Waals surface area contributed by atoms with Gasteiger partial charge in [0.25, 0.3) is 23.6 Å². The van der Waals surface area contributed by atoms with Crippen LogP contribution in [0.25, 0.3) is 55.6 Å². The van der Waals surface area contributed by atoms with Crippen LogP contribution in [0.3, 0.4) is 0 Å². The topological polar surface area (TPSA) is 382 Å². The molecule has 26 heteroatoms. The van der Waals surface area contributed by atoms with Crippen LogP contribution in [0.4, 0.5) is 32.3 Å². The first-order valence-electron chi connectivity index (χ1n) is 45.7. The van der Waals surface area contributed by atoms with Gasteiger partial charge in [0, 0.05) is 117 Å². The number of carboxylic acids is 1. The molecule has 24 nitrogen and oxygen atoms in total. The maximum absolute atomic E-state index is 12.5. The van der Waals surface area contributed by atoms with Crippen LogP contribution in [-0.2, 0) is 70.3 Å². The van der Waals surface area contributed by atoms with E-state index in [2.05, 4.69) is 255 Å². The summed E-state index contributed by atoms with van der Waals surface area (Å²) in [5.74, 6) is 4.23. The van der Waals surface area contributed by atoms with Crippen molar-refractivity contribution in [1.29, 1.82) is 26.3 Å². The van der Waals surface area contributed by atoms with E-state index in [1.807, 2.05) is 30.3 Å². The molecule has 0 saturated carbocycles. The average Bonchev–Trinajstić information content (AvgIpc) is 1.63. The van der Waals surface area contributed by atoms with Crippen LogP contribution in [-0.4, -0.2) is 111 Å². The molecule has 0 spiro atoms. The number of rotatable bonds is 19. The molecule has 706 valence electrons. The molecule has 3 saturated heterocycles. The predicted octanol–water partition coefficient (Wildman–Crippen LogP) is 22.6. The van der Waals surface area contributed by atoms with Crippen LogP contribution < -0.4 is 50.7 Å². The number of carbonyl (C=O) groups excluding carboxylic acids is 4. The second kappa shape index (κ2) is 43.8. The Morgan fingerprint density at radius 3 is 0.737 bits per heavy atom. The molecule has 0 bridgehead atoms. The highest BCUT2D eigenvalue weighted by Gasteiger charge is 2.50. The molecule has 7 N–H and O–H groups in total. The Labute approximate surface area is 805 Å². The molecule has 1 unspecified atom stereocenters. The molecule has 0 aliphatic carbocycles. The van der Waals surface area contributed by atoms with Crippen LogP contribution in [0.15, 0.2) is 176 Å². The maximum atomic E-state index is 12.5. The molecule has 0 radical (unpaired) electrons. The summed E-state index contributed by atoms with van der Waals surface area (Å²) in [5, 5.41) is 67.3. The van der Waals surface area contributed by atoms with E-state index >= 15 is 0 Å². The molecule has 0 aromatic heterocycles. The number of ether oxygens (including phenoxy) is 8. The van der Waals surface area contributed by atoms with Gasteiger partial charge in [-0.3, -0.25) is 19.2 Å². The number of carboxylic acid groups (broad SMARTS) is 1. The van der Waals surface area contributed by atoms with E-state index in [1.54, 1.807) is 27.7 Å². The van der Waals surface area contributed by atoms with Crippen molar-refractivity contribution >= 4 is 70.2 Å². The van der Waals surface area contributed by atoms with Gasteiger partial charge in [0.15, 0.2) is 16.8 Å². The minimum absolute atomic E-state index is 0.176. The quantitative estimate of drug-likeness (QED) is 0.0249. The van der Waals surface area contributed by atoms with Crippen LogP contribution in [0.1, 0.15) is 217 Å². The standard InChI is InChI=1S/3C22H22N2O3.C22H22N2O2.C18H18N2O.C4H6O2.CH3FS/c3*1-13(2)14-4-6-15(7-5-14)17-10-19(24-21(25)22(3)12-27-22)18(11-23)16-8-9-26-20(16)17;1-13(2)15-5-7-16(8-6-15)18-11-20(24-22(25)14(3)4)19(12-23)17-9-10-26-21(17)18;1-11(2)12-3-5-13(6-4-12)15-9-17(20)16(10-19)14-7-8-21-18(14)15;1-3(2)4(5)6;1-3-2/h3*4-7,10,13H,8-9,12H2,1-3H3,(H,24,25);5-8,11,13H,3,9-10H2,1-2,4H3,(H,24,25);3-6,9,11H,7-8,20H2,1-2H3;1H2,2H3,(H,5,6);1H3/t2*22-;;;;;/m10...../s1. The number of nitrogens with zero attached hydrogens (tertiary/aromatic N) is 5. The zero-order valence-corrected chi connectivity index (χ0v) is 81.1. The first kappa shape index (κ1) is 101. The maximum Gasteiger partial charge on any atom is 0.330 e. The van der Waals surface area contributed by atoms with Crippen molar-refractivity contribution in [1.82, 2.24) is 0 Å². The number of epoxide rings is 3. The second-order valence-corrected chi connectivity index (χ2v) is 37.0. The smallest absolute Gasteiger partial charge is 0.330 e. The third-order valence-electron chi connectivity index (χ3n) is 24.8. The molecule has 10 aromatic carbocycles. The highest BCUT2D eigenvalue weighted by atomic mass is 32.2. The Morgan fingerprint density at radius 2 is 0.562 bits per heavy atom. The van der Waals surface area contributed by atoms with Crippen LogP contribution in [0, 0.1) is 56.7 Å². The number of hydrogen-bond acceptors (Lipinski definition) is 20. The lowest BCUT2D eigenvalue weighted by atomic mass is 9.93. The molecule has 137 heavy (non-hydrogen) atoms. The lowest BCUT2D eigenvalue weighted by molar-refractivity contribution is -0.132. The summed E-state index contributed by atoms with van der Waals surface area (Å²) < 4.78 is 55.0. The lowest BCUT2D eigenvalue weighted by Crippen LogP contribution is -2.28. The molecular formula is C111H115FN10O14S. The highest BCUT2D eigenvalue weighted by Crippen LogP contribution is 2.50. The Kier molecular flexibility index (Phi) is 32.5. The summed E-state index contributed by atoms with van der Waals surface area (Å²) >= 11 is 0.250. The number of amides is 4. The van der Waals surface area contributed by atoms with Gasteiger partial charge >= 0.3 is 5.97 Å². The summed E-state index contributed by atoms with van der Waals surface area (Å²) in [5.41, 5.74) is 29.7. The van der Waals surface area contributed by atoms with Gasteiger partial charge in [-0.2, -0.15) is 30.2 Å². The SMILES string of the molecule is C=C(C)C(=O)Nc1cc(-c2ccc(C(C)C)cc2)c2c(c1C#N)CCO2.C=C(C)C(=O)O.CC(C)c1ccc(-c2cc(N)c(C#N)c3c2OCC3)cc1.CC(C)c1ccc(-c2cc(NC(=O)C3(C)CO3)c(C#N)c3c2OCC3)cc1.CC(C)c1ccc(-c2cc(NC(=O)[C@@]3(C)CO3)c(C#N)c3c2OCC3)cc1.CC(C)c1ccc(-c2cc(NC(=O)[C@]3(C)CO3)c(C#N)c3c2OCC3)cc1.CSF. The first-order chi connectivity index (χ1) is 65.4. The predicted molar refractivity (Wildman–Crippen MR) is 533 cm³/mol. The van der Waals surface area contributed by atoms with Gasteiger partial charge in [0.05, 0.1) is 109 Å². The number of hydrogen-bond donors (Lipinski definition) is 6. The minimum Gasteiger partial charge on any atom is -0.492 e. The number of nitriles is 5. The van der Waals surface area contributed by atoms with Crippen LogP contribution >= 0.6 is 12.1 Å². The Hall–Kier alpha value is -14.6. The summed E-state index contributed by atoms with van der Waals surface area (Å²) in [6.45, 7) is 40.7. The third kappa shape index (κ3) is 23.3. The number of halogens is 1. The van der Waals surface area contributed by atoms with Crippen molar-refractivity contribution in [2.24, 2.45) is 0 Å². The molecule has 3 atom stereocenters. The fourth-order valence-electron chi connectivity index (χ4n) is 16.0. The van der Waals surface area contributed by atoms with Crippen LogP contribution in [0.5, 0.6) is 28.7 Å². The number of aliphatic carboxylic acids is 1. The zero-order valence-electron chi connectivity index (χ0n) is 80.3. The van der Waals surface area contributed by atoms with Crippen molar-refractivity contribution in [3.8, 4) is 115 Å². The first-order valence-corrected chi connectivity index (χ1v) is 46.8. The zero-order chi connectivity index (χ0) is 99.2. The number of anilines is 5. The average molecular weight is 1860 g/mol. The van der Waals surface area contributed by atoms with Crippen molar-refractivity contribution in [2.75, 3.05) is 86.1 Å². The molecule has 10 aromatic rings. The third-order valence-corrected chi connectivity index (χ3v) is 24.8. The lowest BCUT2D eigenvalue weighted by Gasteiger charge is -2.16. The van der Waals surface area contributed by atoms with Crippen molar-refractivity contribution < 1.29 is 70.9 Å². The molecule has 18 rings (SSSR count). The number of nitrogens with two attached hydrogens (primary N) is 1. The molecule has 8 heterocycles. The Morgan fingerprint density at radius 1 is 0.372 bits per heavy atom. The largest absolute Gasteiger partial charge is 0.492 e. The summed E-state index contributed by atoms with van der Waals surface area (Å²) in [6, 6.07) is 62.2. The fraction of sp³-hybridized carbons (Fsp3) is 0.333. The van der Waals surface area contributed by atoms with Crippen molar-refractivity contribution in [2.45, 2.75) is 182 Å². The van der Waals surface area contributed by atoms with E-state index in [-0.39, 0.29) is 41.3 Å². The Balaban J connectivity index is 0.000000150. The molecule has 3 fully saturated rings. The van der Waals surface area contributed by atoms with Crippen molar-refractivity contribution in [3.63, 3.8) is 0 Å². The summed E-state index contributed by atoms with van der Waals surface area (Å²) in [7, 11) is 0. The molecule has 8 aliphatic heterocycles. The molecule has 8 aliphatic rings. The van der Waals surface area contributed by atoms with E-state index in [4.69, 9.17) is 48.7 Å². The van der Waals surface area contributed by atoms with Gasteiger partial charge in [-0.05, 0) is 150 Å². The fourth-order valence-corrected chi connectivity index (χ4v) is 16.0. The molecular weight excluding hydrogens is 1750 g/mol. The van der Waals surface area contributed by atoms with E-state index in [0.29, 0.717) is 170 Å². The molecule has 4 amide bonds. The number of carbonyl (C=O) groups is 5. The number of nitrogen functional groups attached to an aromatic ring is 1. The van der Waals surface area contributed by atoms with Gasteiger partial charge in [-0.25, -0.2) is 4.79 Å². The summed E-state index contributed by atoms with van der Waals surface area (Å²) in [6.07, 6.45) is 4.76.